The topological polar surface area (TPSA) is 86.1 Å². The van der Waals surface area contributed by atoms with Crippen molar-refractivity contribution in [3.05, 3.63) is 82.3 Å². The van der Waals surface area contributed by atoms with Gasteiger partial charge in [0, 0.05) is 35.8 Å². The van der Waals surface area contributed by atoms with Gasteiger partial charge in [0.05, 0.1) is 6.04 Å². The molecule has 3 aromatic rings. The maximum atomic E-state index is 12.8. The molecule has 1 atom stereocenters. The second-order valence-corrected chi connectivity index (χ2v) is 7.56. The Morgan fingerprint density at radius 2 is 1.90 bits per heavy atom. The summed E-state index contributed by atoms with van der Waals surface area (Å²) in [6.07, 6.45) is 5.25. The molecule has 0 bridgehead atoms. The van der Waals surface area contributed by atoms with E-state index in [1.165, 1.54) is 6.07 Å². The fraction of sp³-hybridized carbons (Fsp3) is 0.304. The van der Waals surface area contributed by atoms with Crippen molar-refractivity contribution in [2.45, 2.75) is 39.3 Å². The molecule has 0 radical (unpaired) electrons. The maximum absolute atomic E-state index is 12.8. The highest BCUT2D eigenvalue weighted by atomic mass is 16.5. The summed E-state index contributed by atoms with van der Waals surface area (Å²) in [5.41, 5.74) is 2.41. The fourth-order valence-electron chi connectivity index (χ4n) is 3.40. The highest BCUT2D eigenvalue weighted by Gasteiger charge is 2.29. The SMILES string of the molecule is Cc1cc(OCc2ncccn2)cc(=O)n1C(C)c1ccc(NC(=O)C2CC2)cc1. The van der Waals surface area contributed by atoms with E-state index >= 15 is 0 Å². The molecule has 0 saturated heterocycles. The van der Waals surface area contributed by atoms with Gasteiger partial charge in [0.1, 0.15) is 12.4 Å². The molecule has 2 aromatic heterocycles. The first-order chi connectivity index (χ1) is 14.5. The Labute approximate surface area is 174 Å². The van der Waals surface area contributed by atoms with Crippen LogP contribution >= 0.6 is 0 Å². The van der Waals surface area contributed by atoms with Crippen LogP contribution in [0, 0.1) is 12.8 Å². The van der Waals surface area contributed by atoms with E-state index in [1.807, 2.05) is 44.2 Å². The lowest BCUT2D eigenvalue weighted by molar-refractivity contribution is -0.117. The van der Waals surface area contributed by atoms with E-state index < -0.39 is 0 Å². The minimum atomic E-state index is -0.155. The van der Waals surface area contributed by atoms with Gasteiger partial charge in [-0.2, -0.15) is 0 Å². The van der Waals surface area contributed by atoms with Crippen LogP contribution in [0.1, 0.15) is 42.9 Å². The molecular formula is C23H24N4O3. The van der Waals surface area contributed by atoms with Crippen LogP contribution in [0.25, 0.3) is 0 Å². The number of amides is 1. The molecule has 4 rings (SSSR count). The number of ether oxygens (including phenoxy) is 1. The van der Waals surface area contributed by atoms with E-state index in [0.29, 0.717) is 11.6 Å². The molecule has 154 valence electrons. The molecule has 1 aromatic carbocycles. The quantitative estimate of drug-likeness (QED) is 0.652. The number of anilines is 1. The second-order valence-electron chi connectivity index (χ2n) is 7.56. The number of carbonyl (C=O) groups is 1. The van der Waals surface area contributed by atoms with Crippen molar-refractivity contribution in [2.75, 3.05) is 5.32 Å². The number of carbonyl (C=O) groups excluding carboxylic acids is 1. The van der Waals surface area contributed by atoms with E-state index in [0.717, 1.165) is 29.8 Å². The maximum Gasteiger partial charge on any atom is 0.254 e. The van der Waals surface area contributed by atoms with Gasteiger partial charge in [0.15, 0.2) is 5.82 Å². The van der Waals surface area contributed by atoms with Crippen LogP contribution in [0.3, 0.4) is 0 Å². The van der Waals surface area contributed by atoms with Crippen LogP contribution in [0.2, 0.25) is 0 Å². The summed E-state index contributed by atoms with van der Waals surface area (Å²) in [4.78, 5) is 32.9. The Balaban J connectivity index is 1.47. The lowest BCUT2D eigenvalue weighted by atomic mass is 10.1. The number of aromatic nitrogens is 3. The Hall–Kier alpha value is -3.48. The zero-order chi connectivity index (χ0) is 21.1. The van der Waals surface area contributed by atoms with Crippen molar-refractivity contribution in [3.8, 4) is 5.75 Å². The Kier molecular flexibility index (Phi) is 5.61. The van der Waals surface area contributed by atoms with Crippen molar-refractivity contribution < 1.29 is 9.53 Å². The van der Waals surface area contributed by atoms with Gasteiger partial charge < -0.3 is 14.6 Å². The normalized spacial score (nSPS) is 14.2. The Morgan fingerprint density at radius 3 is 2.53 bits per heavy atom. The molecule has 1 fully saturated rings. The van der Waals surface area contributed by atoms with Crippen molar-refractivity contribution in [1.29, 1.82) is 0 Å². The summed E-state index contributed by atoms with van der Waals surface area (Å²) in [6, 6.07) is 12.5. The average Bonchev–Trinajstić information content (AvgIpc) is 3.58. The van der Waals surface area contributed by atoms with Gasteiger partial charge in [0.25, 0.3) is 5.56 Å². The van der Waals surface area contributed by atoms with E-state index in [2.05, 4.69) is 15.3 Å². The summed E-state index contributed by atoms with van der Waals surface area (Å²) >= 11 is 0. The largest absolute Gasteiger partial charge is 0.485 e. The third-order valence-corrected chi connectivity index (χ3v) is 5.22. The molecule has 2 heterocycles. The molecule has 1 amide bonds. The van der Waals surface area contributed by atoms with Gasteiger partial charge in [-0.15, -0.1) is 0 Å². The van der Waals surface area contributed by atoms with Crippen molar-refractivity contribution in [3.63, 3.8) is 0 Å². The first-order valence-corrected chi connectivity index (χ1v) is 10.0. The molecule has 30 heavy (non-hydrogen) atoms. The number of nitrogens with zero attached hydrogens (tertiary/aromatic N) is 3. The number of rotatable bonds is 7. The van der Waals surface area contributed by atoms with Gasteiger partial charge in [-0.3, -0.25) is 9.59 Å². The summed E-state index contributed by atoms with van der Waals surface area (Å²) in [5.74, 6) is 1.30. The van der Waals surface area contributed by atoms with Crippen LogP contribution < -0.4 is 15.6 Å². The van der Waals surface area contributed by atoms with Gasteiger partial charge in [-0.25, -0.2) is 9.97 Å². The number of aryl methyl sites for hydroxylation is 1. The van der Waals surface area contributed by atoms with Gasteiger partial charge in [-0.1, -0.05) is 12.1 Å². The predicted octanol–water partition coefficient (Wildman–Crippen LogP) is 3.48. The van der Waals surface area contributed by atoms with Crippen molar-refractivity contribution >= 4 is 11.6 Å². The lowest BCUT2D eigenvalue weighted by Gasteiger charge is -2.20. The highest BCUT2D eigenvalue weighted by Crippen LogP contribution is 2.30. The second kappa shape index (κ2) is 8.49. The molecule has 1 aliphatic carbocycles. The van der Waals surface area contributed by atoms with Crippen LogP contribution in [0.5, 0.6) is 5.75 Å². The Morgan fingerprint density at radius 1 is 1.20 bits per heavy atom. The number of benzene rings is 1. The third kappa shape index (κ3) is 4.56. The molecule has 1 N–H and O–H groups in total. The Bertz CT molecular complexity index is 1090. The molecular weight excluding hydrogens is 380 g/mol. The standard InChI is InChI=1S/C23H24N4O3/c1-15-12-20(30-14-21-24-10-3-11-25-21)13-22(28)27(15)16(2)17-6-8-19(9-7-17)26-23(29)18-4-5-18/h3,6-13,16,18H,4-5,14H2,1-2H3,(H,26,29). The molecule has 1 unspecified atom stereocenters. The zero-order valence-corrected chi connectivity index (χ0v) is 17.0. The minimum Gasteiger partial charge on any atom is -0.485 e. The van der Waals surface area contributed by atoms with Gasteiger partial charge >= 0.3 is 0 Å². The highest BCUT2D eigenvalue weighted by molar-refractivity contribution is 5.94. The summed E-state index contributed by atoms with van der Waals surface area (Å²) in [7, 11) is 0. The smallest absolute Gasteiger partial charge is 0.254 e. The average molecular weight is 404 g/mol. The van der Waals surface area contributed by atoms with Crippen LogP contribution in [0.4, 0.5) is 5.69 Å². The molecule has 1 aliphatic rings. The first kappa shape index (κ1) is 19.8. The number of pyridine rings is 1. The molecule has 0 spiro atoms. The number of hydrogen-bond donors (Lipinski definition) is 1. The first-order valence-electron chi connectivity index (χ1n) is 10.0. The van der Waals surface area contributed by atoms with Gasteiger partial charge in [-0.05, 0) is 56.5 Å². The van der Waals surface area contributed by atoms with E-state index in [9.17, 15) is 9.59 Å². The van der Waals surface area contributed by atoms with Crippen molar-refractivity contribution in [2.24, 2.45) is 5.92 Å². The lowest BCUT2D eigenvalue weighted by Crippen LogP contribution is -2.25. The molecule has 7 nitrogen and oxygen atoms in total. The zero-order valence-electron chi connectivity index (χ0n) is 17.0. The van der Waals surface area contributed by atoms with Crippen LogP contribution in [-0.4, -0.2) is 20.4 Å². The predicted molar refractivity (Wildman–Crippen MR) is 113 cm³/mol. The van der Waals surface area contributed by atoms with Gasteiger partial charge in [0.2, 0.25) is 5.91 Å². The van der Waals surface area contributed by atoms with E-state index in [4.69, 9.17) is 4.74 Å². The molecule has 0 aliphatic heterocycles. The van der Waals surface area contributed by atoms with Crippen molar-refractivity contribution in [1.82, 2.24) is 14.5 Å². The van der Waals surface area contributed by atoms with Crippen LogP contribution in [-0.2, 0) is 11.4 Å². The summed E-state index contributed by atoms with van der Waals surface area (Å²) in [5, 5.41) is 2.93. The minimum absolute atomic E-state index is 0.0827. The summed E-state index contributed by atoms with van der Waals surface area (Å²) < 4.78 is 7.42. The molecule has 7 heteroatoms. The van der Waals surface area contributed by atoms with E-state index in [1.54, 1.807) is 23.0 Å². The monoisotopic (exact) mass is 404 g/mol. The number of nitrogens with one attached hydrogen (secondary N) is 1. The number of hydrogen-bond acceptors (Lipinski definition) is 5. The van der Waals surface area contributed by atoms with Crippen LogP contribution in [0.15, 0.2) is 59.7 Å². The third-order valence-electron chi connectivity index (χ3n) is 5.22. The molecule has 1 saturated carbocycles. The summed E-state index contributed by atoms with van der Waals surface area (Å²) in [6.45, 7) is 4.06. The fourth-order valence-corrected chi connectivity index (χ4v) is 3.40. The van der Waals surface area contributed by atoms with E-state index in [-0.39, 0.29) is 30.0 Å².